The number of carbonyl (C=O) groups is 4. The van der Waals surface area contributed by atoms with Crippen LogP contribution in [0.3, 0.4) is 0 Å². The minimum atomic E-state index is -2.37. The summed E-state index contributed by atoms with van der Waals surface area (Å²) in [5.41, 5.74) is -3.04. The van der Waals surface area contributed by atoms with Crippen LogP contribution in [0.25, 0.3) is 0 Å². The van der Waals surface area contributed by atoms with Crippen LogP contribution in [0.1, 0.15) is 28.9 Å². The Morgan fingerprint density at radius 2 is 1.82 bits per heavy atom. The van der Waals surface area contributed by atoms with E-state index in [2.05, 4.69) is 5.32 Å². The topological polar surface area (TPSA) is 195 Å². The Bertz CT molecular complexity index is 1390. The fourth-order valence-corrected chi connectivity index (χ4v) is 5.42. The average molecular weight is 543 g/mol. The second-order valence-corrected chi connectivity index (χ2v) is 9.05. The minimum Gasteiger partial charge on any atom is -0.497 e. The van der Waals surface area contributed by atoms with Gasteiger partial charge in [0.2, 0.25) is 11.8 Å². The van der Waals surface area contributed by atoms with E-state index in [9.17, 15) is 39.5 Å². The maximum atomic E-state index is 13.9. The van der Waals surface area contributed by atoms with Crippen molar-refractivity contribution in [3.05, 3.63) is 57.6 Å². The molecule has 2 aromatic rings. The highest BCUT2D eigenvalue weighted by molar-refractivity contribution is 6.24. The monoisotopic (exact) mass is 543 g/mol. The predicted octanol–water partition coefficient (Wildman–Crippen LogP) is 1.05. The van der Waals surface area contributed by atoms with Crippen molar-refractivity contribution in [3.63, 3.8) is 0 Å². The second kappa shape index (κ2) is 9.96. The quantitative estimate of drug-likeness (QED) is 0.186. The van der Waals surface area contributed by atoms with E-state index in [1.807, 2.05) is 0 Å². The van der Waals surface area contributed by atoms with E-state index < -0.39 is 63.9 Å². The van der Waals surface area contributed by atoms with Crippen LogP contribution in [0.2, 0.25) is 0 Å². The van der Waals surface area contributed by atoms with Gasteiger partial charge in [-0.2, -0.15) is 0 Å². The summed E-state index contributed by atoms with van der Waals surface area (Å²) in [6, 6.07) is 6.18. The molecule has 2 aliphatic heterocycles. The number of nitro groups is 1. The summed E-state index contributed by atoms with van der Waals surface area (Å²) in [5.74, 6) is -7.30. The van der Waals surface area contributed by atoms with Crippen molar-refractivity contribution in [1.82, 2.24) is 5.32 Å². The molecule has 0 spiro atoms. The smallest absolute Gasteiger partial charge is 0.341 e. The molecule has 14 heteroatoms. The molecular formula is C25H25N3O11. The van der Waals surface area contributed by atoms with Gasteiger partial charge in [-0.25, -0.2) is 9.69 Å². The molecule has 0 radical (unpaired) electrons. The van der Waals surface area contributed by atoms with Crippen LogP contribution in [0.5, 0.6) is 11.5 Å². The zero-order valence-electron chi connectivity index (χ0n) is 21.2. The second-order valence-electron chi connectivity index (χ2n) is 9.05. The Morgan fingerprint density at radius 3 is 2.36 bits per heavy atom. The molecule has 3 N–H and O–H groups in total. The number of non-ortho nitro benzene ring substituents is 1. The average Bonchev–Trinajstić information content (AvgIpc) is 3.41. The predicted molar refractivity (Wildman–Crippen MR) is 131 cm³/mol. The Hall–Kier alpha value is -4.56. The van der Waals surface area contributed by atoms with Crippen molar-refractivity contribution in [2.24, 2.45) is 11.8 Å². The van der Waals surface area contributed by atoms with Gasteiger partial charge in [0.05, 0.1) is 49.9 Å². The van der Waals surface area contributed by atoms with Crippen molar-refractivity contribution in [2.75, 3.05) is 26.2 Å². The highest BCUT2D eigenvalue weighted by atomic mass is 16.6. The SMILES string of the molecule is COC(=O)c1c(OC)cc(OC)cc1C1NC(C(=O)O)(C(C)O)C2C(=O)N(c3cccc([N+](=O)[O-])c3)C(=O)C12. The first-order valence-electron chi connectivity index (χ1n) is 11.6. The Morgan fingerprint density at radius 1 is 1.13 bits per heavy atom. The van der Waals surface area contributed by atoms with E-state index in [0.29, 0.717) is 4.90 Å². The maximum absolute atomic E-state index is 13.9. The molecule has 5 unspecified atom stereocenters. The summed E-state index contributed by atoms with van der Waals surface area (Å²) < 4.78 is 15.6. The number of nitrogens with one attached hydrogen (secondary N) is 1. The number of rotatable bonds is 8. The van der Waals surface area contributed by atoms with Crippen LogP contribution in [0.4, 0.5) is 11.4 Å². The van der Waals surface area contributed by atoms with Gasteiger partial charge in [0.15, 0.2) is 5.54 Å². The Labute approximate surface area is 221 Å². The lowest BCUT2D eigenvalue weighted by molar-refractivity contribution is -0.384. The van der Waals surface area contributed by atoms with Crippen LogP contribution in [0, 0.1) is 22.0 Å². The van der Waals surface area contributed by atoms with Crippen molar-refractivity contribution in [1.29, 1.82) is 0 Å². The number of methoxy groups -OCH3 is 3. The summed E-state index contributed by atoms with van der Waals surface area (Å²) in [6.45, 7) is 1.15. The number of carboxylic acids is 1. The molecule has 2 aliphatic rings. The molecule has 0 aromatic heterocycles. The number of aliphatic hydroxyl groups is 1. The molecule has 0 saturated carbocycles. The van der Waals surface area contributed by atoms with Crippen LogP contribution in [0.15, 0.2) is 36.4 Å². The van der Waals surface area contributed by atoms with Gasteiger partial charge in [-0.1, -0.05) is 6.07 Å². The number of fused-ring (bicyclic) bond motifs is 1. The zero-order valence-corrected chi connectivity index (χ0v) is 21.2. The molecule has 2 fully saturated rings. The van der Waals surface area contributed by atoms with Gasteiger partial charge >= 0.3 is 11.9 Å². The highest BCUT2D eigenvalue weighted by Gasteiger charge is 2.71. The number of anilines is 1. The minimum absolute atomic E-state index is 0.00765. The lowest BCUT2D eigenvalue weighted by Crippen LogP contribution is -2.62. The third-order valence-corrected chi connectivity index (χ3v) is 7.19. The normalized spacial score (nSPS) is 24.7. The van der Waals surface area contributed by atoms with E-state index in [1.165, 1.54) is 44.6 Å². The largest absolute Gasteiger partial charge is 0.497 e. The molecule has 0 aliphatic carbocycles. The number of hydrogen-bond acceptors (Lipinski definition) is 11. The number of nitrogens with zero attached hydrogens (tertiary/aromatic N) is 2. The number of esters is 1. The summed E-state index contributed by atoms with van der Waals surface area (Å²) >= 11 is 0. The summed E-state index contributed by atoms with van der Waals surface area (Å²) in [4.78, 5) is 64.5. The first-order valence-corrected chi connectivity index (χ1v) is 11.6. The van der Waals surface area contributed by atoms with E-state index >= 15 is 0 Å². The third kappa shape index (κ3) is 4.04. The molecule has 39 heavy (non-hydrogen) atoms. The van der Waals surface area contributed by atoms with Gasteiger partial charge in [0, 0.05) is 24.2 Å². The molecule has 0 bridgehead atoms. The molecular weight excluding hydrogens is 518 g/mol. The summed E-state index contributed by atoms with van der Waals surface area (Å²) in [5, 5.41) is 35.1. The van der Waals surface area contributed by atoms with Crippen LogP contribution in [-0.2, 0) is 19.1 Å². The van der Waals surface area contributed by atoms with E-state index in [-0.39, 0.29) is 28.3 Å². The maximum Gasteiger partial charge on any atom is 0.341 e. The third-order valence-electron chi connectivity index (χ3n) is 7.19. The van der Waals surface area contributed by atoms with E-state index in [1.54, 1.807) is 0 Å². The number of hydrogen-bond donors (Lipinski definition) is 3. The number of ether oxygens (including phenoxy) is 3. The lowest BCUT2D eigenvalue weighted by Gasteiger charge is -2.33. The standard InChI is InChI=1S/C25H25N3O11/c1-11(29)25(24(33)34)19-18(21(30)27(22(19)31)12-6-5-7-13(8-12)28(35)36)20(26-25)15-9-14(37-2)10-16(38-3)17(15)23(32)39-4/h5-11,18-20,26,29H,1-4H3,(H,33,34). The van der Waals surface area contributed by atoms with Crippen molar-refractivity contribution in [3.8, 4) is 11.5 Å². The highest BCUT2D eigenvalue weighted by Crippen LogP contribution is 2.52. The van der Waals surface area contributed by atoms with Gasteiger partial charge < -0.3 is 24.4 Å². The van der Waals surface area contributed by atoms with Gasteiger partial charge in [-0.15, -0.1) is 0 Å². The van der Waals surface area contributed by atoms with E-state index in [0.717, 1.165) is 20.1 Å². The molecule has 4 rings (SSSR count). The molecule has 14 nitrogen and oxygen atoms in total. The molecule has 2 heterocycles. The van der Waals surface area contributed by atoms with Crippen LogP contribution < -0.4 is 19.7 Å². The fourth-order valence-electron chi connectivity index (χ4n) is 5.42. The van der Waals surface area contributed by atoms with Crippen molar-refractivity contribution >= 4 is 35.1 Å². The number of aliphatic carboxylic acids is 1. The summed E-state index contributed by atoms with van der Waals surface area (Å²) in [6.07, 6.45) is -1.71. The summed E-state index contributed by atoms with van der Waals surface area (Å²) in [7, 11) is 3.74. The van der Waals surface area contributed by atoms with Crippen molar-refractivity contribution in [2.45, 2.75) is 24.6 Å². The number of carbonyl (C=O) groups excluding carboxylic acids is 3. The van der Waals surface area contributed by atoms with Gasteiger partial charge in [0.25, 0.3) is 5.69 Å². The number of nitro benzene ring substituents is 1. The number of aliphatic hydroxyl groups excluding tert-OH is 1. The van der Waals surface area contributed by atoms with Crippen molar-refractivity contribution < 1.29 is 48.5 Å². The molecule has 2 aromatic carbocycles. The van der Waals surface area contributed by atoms with Crippen LogP contribution in [-0.4, -0.2) is 71.9 Å². The molecule has 2 saturated heterocycles. The molecule has 206 valence electrons. The Balaban J connectivity index is 1.99. The number of benzene rings is 2. The Kier molecular flexibility index (Phi) is 7.02. The molecule has 5 atom stereocenters. The van der Waals surface area contributed by atoms with Gasteiger partial charge in [-0.3, -0.25) is 29.8 Å². The zero-order chi connectivity index (χ0) is 28.8. The first kappa shape index (κ1) is 27.5. The van der Waals surface area contributed by atoms with Crippen LogP contribution >= 0.6 is 0 Å². The van der Waals surface area contributed by atoms with E-state index in [4.69, 9.17) is 14.2 Å². The number of amides is 2. The first-order chi connectivity index (χ1) is 18.4. The lowest BCUT2D eigenvalue weighted by atomic mass is 9.76. The van der Waals surface area contributed by atoms with Gasteiger partial charge in [0.1, 0.15) is 17.1 Å². The molecule has 2 amide bonds. The number of carboxylic acid groups (broad SMARTS) is 1. The fraction of sp³-hybridized carbons (Fsp3) is 0.360. The van der Waals surface area contributed by atoms with Gasteiger partial charge in [-0.05, 0) is 24.6 Å². The number of imide groups is 1.